The molecule has 0 aromatic carbocycles. The lowest BCUT2D eigenvalue weighted by Gasteiger charge is -2.31. The Labute approximate surface area is 88.7 Å². The second kappa shape index (κ2) is 5.00. The van der Waals surface area contributed by atoms with Crippen LogP contribution in [0.4, 0.5) is 4.79 Å². The first-order valence-corrected chi connectivity index (χ1v) is 4.98. The van der Waals surface area contributed by atoms with Crippen molar-refractivity contribution in [1.29, 1.82) is 0 Å². The minimum absolute atomic E-state index is 0.0580. The van der Waals surface area contributed by atoms with Gasteiger partial charge in [0, 0.05) is 0 Å². The van der Waals surface area contributed by atoms with E-state index in [0.29, 0.717) is 5.92 Å². The monoisotopic (exact) mass is 216 g/mol. The highest BCUT2D eigenvalue weighted by atomic mass is 16.7. The van der Waals surface area contributed by atoms with Crippen LogP contribution < -0.4 is 0 Å². The molecule has 1 unspecified atom stereocenters. The molecule has 1 aliphatic rings. The summed E-state index contributed by atoms with van der Waals surface area (Å²) in [7, 11) is 1.24. The van der Waals surface area contributed by atoms with Gasteiger partial charge in [0.05, 0.1) is 7.11 Å². The van der Waals surface area contributed by atoms with E-state index >= 15 is 0 Å². The van der Waals surface area contributed by atoms with Gasteiger partial charge in [-0.15, -0.1) is 0 Å². The topological polar surface area (TPSA) is 61.8 Å². The minimum Gasteiger partial charge on any atom is -0.466 e. The number of esters is 1. The fourth-order valence-corrected chi connectivity index (χ4v) is 1.45. The molecule has 1 aliphatic carbocycles. The number of hydrogen-bond acceptors (Lipinski definition) is 5. The van der Waals surface area contributed by atoms with Crippen LogP contribution in [0.3, 0.4) is 0 Å². The average molecular weight is 216 g/mol. The fourth-order valence-electron chi connectivity index (χ4n) is 1.45. The first-order chi connectivity index (χ1) is 7.02. The molecule has 1 fully saturated rings. The molecule has 1 saturated carbocycles. The molecule has 0 heterocycles. The Hall–Kier alpha value is -1.26. The van der Waals surface area contributed by atoms with E-state index in [4.69, 9.17) is 9.47 Å². The normalized spacial score (nSPS) is 26.1. The fraction of sp³-hybridized carbons (Fsp3) is 0.800. The van der Waals surface area contributed by atoms with Crippen molar-refractivity contribution in [3.05, 3.63) is 0 Å². The molecule has 0 N–H and O–H groups in total. The highest BCUT2D eigenvalue weighted by molar-refractivity contribution is 5.76. The molecule has 15 heavy (non-hydrogen) atoms. The summed E-state index contributed by atoms with van der Waals surface area (Å²) < 4.78 is 14.1. The van der Waals surface area contributed by atoms with Crippen LogP contribution in [0.5, 0.6) is 0 Å². The van der Waals surface area contributed by atoms with Crippen LogP contribution in [0.2, 0.25) is 0 Å². The lowest BCUT2D eigenvalue weighted by molar-refractivity contribution is -0.151. The Morgan fingerprint density at radius 3 is 2.40 bits per heavy atom. The van der Waals surface area contributed by atoms with Gasteiger partial charge in [-0.2, -0.15) is 0 Å². The molecular weight excluding hydrogens is 200 g/mol. The van der Waals surface area contributed by atoms with Crippen LogP contribution in [0.15, 0.2) is 0 Å². The summed E-state index contributed by atoms with van der Waals surface area (Å²) in [4.78, 5) is 22.0. The molecule has 0 aromatic heterocycles. The van der Waals surface area contributed by atoms with Gasteiger partial charge in [0.1, 0.15) is 6.10 Å². The van der Waals surface area contributed by atoms with Crippen LogP contribution >= 0.6 is 0 Å². The van der Waals surface area contributed by atoms with Crippen molar-refractivity contribution < 1.29 is 23.8 Å². The second-order valence-electron chi connectivity index (χ2n) is 3.85. The summed E-state index contributed by atoms with van der Waals surface area (Å²) in [6.45, 7) is 3.53. The van der Waals surface area contributed by atoms with Crippen molar-refractivity contribution in [3.63, 3.8) is 0 Å². The standard InChI is InChI=1S/C10H16O5/c1-6-4-8(5-6)15-10(12)14-7(2)9(11)13-3/h6-8H,4-5H2,1-3H3. The molecule has 86 valence electrons. The van der Waals surface area contributed by atoms with Crippen LogP contribution in [0.25, 0.3) is 0 Å². The molecule has 0 amide bonds. The third-order valence-corrected chi connectivity index (χ3v) is 2.40. The Kier molecular flexibility index (Phi) is 3.94. The summed E-state index contributed by atoms with van der Waals surface area (Å²) in [6.07, 6.45) is -0.0502. The molecule has 1 rings (SSSR count). The molecule has 5 heteroatoms. The number of rotatable bonds is 3. The average Bonchev–Trinajstić information content (AvgIpc) is 2.14. The number of methoxy groups -OCH3 is 1. The lowest BCUT2D eigenvalue weighted by atomic mass is 9.84. The van der Waals surface area contributed by atoms with Crippen LogP contribution in [-0.2, 0) is 19.0 Å². The maximum atomic E-state index is 11.1. The van der Waals surface area contributed by atoms with Crippen LogP contribution in [0, 0.1) is 5.92 Å². The van der Waals surface area contributed by atoms with E-state index < -0.39 is 18.2 Å². The number of carbonyl (C=O) groups is 2. The van der Waals surface area contributed by atoms with Crippen molar-refractivity contribution in [1.82, 2.24) is 0 Å². The van der Waals surface area contributed by atoms with Crippen LogP contribution in [0.1, 0.15) is 26.7 Å². The zero-order valence-corrected chi connectivity index (χ0v) is 9.19. The largest absolute Gasteiger partial charge is 0.509 e. The molecular formula is C10H16O5. The predicted molar refractivity (Wildman–Crippen MR) is 51.2 cm³/mol. The molecule has 0 saturated heterocycles. The summed E-state index contributed by atoms with van der Waals surface area (Å²) in [5.74, 6) is 0.00904. The molecule has 0 spiro atoms. The third kappa shape index (κ3) is 3.42. The summed E-state index contributed by atoms with van der Waals surface area (Å²) in [5, 5.41) is 0. The molecule has 0 bridgehead atoms. The van der Waals surface area contributed by atoms with Crippen molar-refractivity contribution in [2.75, 3.05) is 7.11 Å². The van der Waals surface area contributed by atoms with E-state index in [0.717, 1.165) is 12.8 Å². The molecule has 1 atom stereocenters. The molecule has 5 nitrogen and oxygen atoms in total. The van der Waals surface area contributed by atoms with E-state index in [1.165, 1.54) is 14.0 Å². The first kappa shape index (κ1) is 11.8. The smallest absolute Gasteiger partial charge is 0.466 e. The summed E-state index contributed by atoms with van der Waals surface area (Å²) in [5.41, 5.74) is 0. The van der Waals surface area contributed by atoms with Gasteiger partial charge in [-0.25, -0.2) is 9.59 Å². The van der Waals surface area contributed by atoms with Gasteiger partial charge < -0.3 is 14.2 Å². The third-order valence-electron chi connectivity index (χ3n) is 2.40. The van der Waals surface area contributed by atoms with Gasteiger partial charge in [0.25, 0.3) is 0 Å². The van der Waals surface area contributed by atoms with Crippen LogP contribution in [-0.4, -0.2) is 31.4 Å². The Morgan fingerprint density at radius 2 is 1.93 bits per heavy atom. The molecule has 0 radical (unpaired) electrons. The van der Waals surface area contributed by atoms with Crippen molar-refractivity contribution >= 4 is 12.1 Å². The Bertz CT molecular complexity index is 244. The quantitative estimate of drug-likeness (QED) is 0.669. The number of ether oxygens (including phenoxy) is 3. The zero-order valence-electron chi connectivity index (χ0n) is 9.19. The van der Waals surface area contributed by atoms with E-state index in [9.17, 15) is 9.59 Å². The Balaban J connectivity index is 2.21. The molecule has 0 aromatic rings. The second-order valence-corrected chi connectivity index (χ2v) is 3.85. The highest BCUT2D eigenvalue weighted by Crippen LogP contribution is 2.29. The van der Waals surface area contributed by atoms with Gasteiger partial charge in [-0.05, 0) is 25.7 Å². The van der Waals surface area contributed by atoms with Crippen molar-refractivity contribution in [2.24, 2.45) is 5.92 Å². The minimum atomic E-state index is -0.917. The van der Waals surface area contributed by atoms with Gasteiger partial charge >= 0.3 is 12.1 Å². The van der Waals surface area contributed by atoms with Crippen molar-refractivity contribution in [3.8, 4) is 0 Å². The van der Waals surface area contributed by atoms with E-state index in [-0.39, 0.29) is 6.10 Å². The highest BCUT2D eigenvalue weighted by Gasteiger charge is 2.30. The van der Waals surface area contributed by atoms with Crippen molar-refractivity contribution in [2.45, 2.75) is 38.9 Å². The van der Waals surface area contributed by atoms with Gasteiger partial charge in [0.2, 0.25) is 0 Å². The zero-order chi connectivity index (χ0) is 11.4. The molecule has 0 aliphatic heterocycles. The summed E-state index contributed by atoms with van der Waals surface area (Å²) >= 11 is 0. The summed E-state index contributed by atoms with van der Waals surface area (Å²) in [6, 6.07) is 0. The van der Waals surface area contributed by atoms with Gasteiger partial charge in [0.15, 0.2) is 6.10 Å². The predicted octanol–water partition coefficient (Wildman–Crippen LogP) is 1.50. The van der Waals surface area contributed by atoms with E-state index in [1.807, 2.05) is 0 Å². The SMILES string of the molecule is COC(=O)C(C)OC(=O)OC1CC(C)C1. The van der Waals surface area contributed by atoms with Gasteiger partial charge in [-0.1, -0.05) is 6.92 Å². The number of carbonyl (C=O) groups excluding carboxylic acids is 2. The lowest BCUT2D eigenvalue weighted by Crippen LogP contribution is -2.34. The number of hydrogen-bond donors (Lipinski definition) is 0. The van der Waals surface area contributed by atoms with E-state index in [1.54, 1.807) is 0 Å². The van der Waals surface area contributed by atoms with Gasteiger partial charge in [-0.3, -0.25) is 0 Å². The Morgan fingerprint density at radius 1 is 1.33 bits per heavy atom. The first-order valence-electron chi connectivity index (χ1n) is 4.98. The maximum Gasteiger partial charge on any atom is 0.509 e. The van der Waals surface area contributed by atoms with E-state index in [2.05, 4.69) is 11.7 Å². The maximum absolute atomic E-state index is 11.1.